The van der Waals surface area contributed by atoms with Crippen LogP contribution in [0.3, 0.4) is 0 Å². The summed E-state index contributed by atoms with van der Waals surface area (Å²) in [4.78, 5) is 18.4. The Kier molecular flexibility index (Phi) is 2.36. The van der Waals surface area contributed by atoms with Gasteiger partial charge in [0.05, 0.1) is 18.6 Å². The number of pyridine rings is 1. The Morgan fingerprint density at radius 1 is 1.50 bits per heavy atom. The number of hydrogen-bond acceptors (Lipinski definition) is 3. The molecular weight excluding hydrogens is 178 g/mol. The van der Waals surface area contributed by atoms with E-state index in [0.717, 1.165) is 17.5 Å². The minimum absolute atomic E-state index is 0.341. The molecule has 0 radical (unpaired) electrons. The van der Waals surface area contributed by atoms with Crippen molar-refractivity contribution in [2.24, 2.45) is 0 Å². The molecule has 0 aliphatic rings. The number of hydrogen-bond donors (Lipinski definition) is 0. The number of aldehydes is 1. The van der Waals surface area contributed by atoms with Crippen molar-refractivity contribution in [2.75, 3.05) is 0 Å². The summed E-state index contributed by atoms with van der Waals surface area (Å²) in [6.07, 6.45) is 7.76. The summed E-state index contributed by atoms with van der Waals surface area (Å²) in [5, 5.41) is 0. The van der Waals surface area contributed by atoms with Crippen molar-refractivity contribution in [1.82, 2.24) is 14.5 Å². The van der Waals surface area contributed by atoms with Crippen molar-refractivity contribution in [3.8, 4) is 11.3 Å². The van der Waals surface area contributed by atoms with Gasteiger partial charge in [0.25, 0.3) is 0 Å². The summed E-state index contributed by atoms with van der Waals surface area (Å²) < 4.78 is 1.73. The summed E-state index contributed by atoms with van der Waals surface area (Å²) in [6, 6.07) is 3.79. The molecule has 0 bridgehead atoms. The molecule has 0 atom stereocenters. The van der Waals surface area contributed by atoms with Gasteiger partial charge in [-0.1, -0.05) is 0 Å². The van der Waals surface area contributed by atoms with Crippen LogP contribution in [0.1, 0.15) is 0 Å². The zero-order valence-electron chi connectivity index (χ0n) is 7.50. The Morgan fingerprint density at radius 2 is 2.43 bits per heavy atom. The molecule has 0 N–H and O–H groups in total. The molecule has 4 nitrogen and oxygen atoms in total. The van der Waals surface area contributed by atoms with Gasteiger partial charge >= 0.3 is 0 Å². The number of carbonyl (C=O) groups excluding carboxylic acids is 1. The molecule has 0 saturated heterocycles. The molecule has 2 aromatic heterocycles. The second kappa shape index (κ2) is 3.83. The lowest BCUT2D eigenvalue weighted by Crippen LogP contribution is -1.93. The van der Waals surface area contributed by atoms with Gasteiger partial charge < -0.3 is 9.36 Å². The van der Waals surface area contributed by atoms with E-state index in [1.54, 1.807) is 23.3 Å². The van der Waals surface area contributed by atoms with E-state index in [1.807, 2.05) is 18.3 Å². The summed E-state index contributed by atoms with van der Waals surface area (Å²) in [5.41, 5.74) is 1.79. The first kappa shape index (κ1) is 8.62. The molecule has 4 heteroatoms. The van der Waals surface area contributed by atoms with Crippen molar-refractivity contribution >= 4 is 6.29 Å². The molecule has 2 rings (SSSR count). The lowest BCUT2D eigenvalue weighted by molar-refractivity contribution is -0.108. The van der Waals surface area contributed by atoms with Crippen LogP contribution >= 0.6 is 0 Å². The van der Waals surface area contributed by atoms with Crippen molar-refractivity contribution < 1.29 is 4.79 Å². The van der Waals surface area contributed by atoms with E-state index in [9.17, 15) is 4.79 Å². The molecule has 0 fully saturated rings. The fourth-order valence-corrected chi connectivity index (χ4v) is 1.21. The molecule has 14 heavy (non-hydrogen) atoms. The van der Waals surface area contributed by atoms with Crippen molar-refractivity contribution in [2.45, 2.75) is 6.54 Å². The topological polar surface area (TPSA) is 47.8 Å². The van der Waals surface area contributed by atoms with Gasteiger partial charge in [0.1, 0.15) is 6.29 Å². The van der Waals surface area contributed by atoms with Crippen LogP contribution in [0.4, 0.5) is 0 Å². The van der Waals surface area contributed by atoms with Crippen LogP contribution in [0.15, 0.2) is 37.1 Å². The minimum Gasteiger partial charge on any atom is -0.330 e. The highest BCUT2D eigenvalue weighted by Gasteiger charge is 2.00. The molecule has 0 amide bonds. The van der Waals surface area contributed by atoms with Crippen LogP contribution in [0.5, 0.6) is 0 Å². The SMILES string of the molecule is O=CCn1cnc(-c2cccnc2)c1. The molecular formula is C10H9N3O. The first-order valence-corrected chi connectivity index (χ1v) is 4.26. The van der Waals surface area contributed by atoms with Crippen LogP contribution in [-0.2, 0) is 11.3 Å². The van der Waals surface area contributed by atoms with Gasteiger partial charge in [-0.3, -0.25) is 4.98 Å². The zero-order valence-corrected chi connectivity index (χ0v) is 7.50. The molecule has 0 aromatic carbocycles. The van der Waals surface area contributed by atoms with Gasteiger partial charge in [-0.15, -0.1) is 0 Å². The third-order valence-electron chi connectivity index (χ3n) is 1.88. The van der Waals surface area contributed by atoms with Crippen LogP contribution in [0, 0.1) is 0 Å². The Bertz CT molecular complexity index is 422. The van der Waals surface area contributed by atoms with Crippen LogP contribution in [0.2, 0.25) is 0 Å². The van der Waals surface area contributed by atoms with E-state index in [1.165, 1.54) is 0 Å². The minimum atomic E-state index is 0.341. The van der Waals surface area contributed by atoms with E-state index in [2.05, 4.69) is 9.97 Å². The third kappa shape index (κ3) is 1.69. The van der Waals surface area contributed by atoms with Crippen molar-refractivity contribution in [3.63, 3.8) is 0 Å². The summed E-state index contributed by atoms with van der Waals surface area (Å²) in [5.74, 6) is 0. The normalized spacial score (nSPS) is 10.0. The van der Waals surface area contributed by atoms with Gasteiger partial charge in [-0.25, -0.2) is 4.98 Å². The summed E-state index contributed by atoms with van der Waals surface area (Å²) in [7, 11) is 0. The quantitative estimate of drug-likeness (QED) is 0.677. The second-order valence-electron chi connectivity index (χ2n) is 2.86. The molecule has 0 aliphatic heterocycles. The number of carbonyl (C=O) groups is 1. The van der Waals surface area contributed by atoms with E-state index in [0.29, 0.717) is 6.54 Å². The van der Waals surface area contributed by atoms with Gasteiger partial charge in [0.2, 0.25) is 0 Å². The van der Waals surface area contributed by atoms with E-state index in [-0.39, 0.29) is 0 Å². The summed E-state index contributed by atoms with van der Waals surface area (Å²) >= 11 is 0. The van der Waals surface area contributed by atoms with Gasteiger partial charge in [-0.2, -0.15) is 0 Å². The van der Waals surface area contributed by atoms with E-state index >= 15 is 0 Å². The third-order valence-corrected chi connectivity index (χ3v) is 1.88. The number of aromatic nitrogens is 3. The molecule has 0 spiro atoms. The number of nitrogens with zero attached hydrogens (tertiary/aromatic N) is 3. The highest BCUT2D eigenvalue weighted by molar-refractivity contribution is 5.57. The standard InChI is InChI=1S/C10H9N3O/c14-5-4-13-7-10(12-8-13)9-2-1-3-11-6-9/h1-3,5-8H,4H2. The first-order valence-electron chi connectivity index (χ1n) is 4.26. The molecule has 70 valence electrons. The average Bonchev–Trinajstić information content (AvgIpc) is 2.68. The zero-order chi connectivity index (χ0) is 9.80. The Hall–Kier alpha value is -1.97. The average molecular weight is 187 g/mol. The maximum absolute atomic E-state index is 10.3. The highest BCUT2D eigenvalue weighted by atomic mass is 16.1. The number of imidazole rings is 1. The Balaban J connectivity index is 2.29. The van der Waals surface area contributed by atoms with Gasteiger partial charge in [0.15, 0.2) is 0 Å². The predicted molar refractivity (Wildman–Crippen MR) is 51.5 cm³/mol. The van der Waals surface area contributed by atoms with Gasteiger partial charge in [-0.05, 0) is 12.1 Å². The maximum atomic E-state index is 10.3. The smallest absolute Gasteiger partial charge is 0.139 e. The number of rotatable bonds is 3. The van der Waals surface area contributed by atoms with Crippen LogP contribution < -0.4 is 0 Å². The maximum Gasteiger partial charge on any atom is 0.139 e. The largest absolute Gasteiger partial charge is 0.330 e. The lowest BCUT2D eigenvalue weighted by Gasteiger charge is -1.93. The lowest BCUT2D eigenvalue weighted by atomic mass is 10.2. The second-order valence-corrected chi connectivity index (χ2v) is 2.86. The molecule has 0 unspecified atom stereocenters. The predicted octanol–water partition coefficient (Wildman–Crippen LogP) is 1.14. The molecule has 2 heterocycles. The van der Waals surface area contributed by atoms with Crippen LogP contribution in [0.25, 0.3) is 11.3 Å². The fourth-order valence-electron chi connectivity index (χ4n) is 1.21. The molecule has 0 saturated carbocycles. The van der Waals surface area contributed by atoms with E-state index in [4.69, 9.17) is 0 Å². The highest BCUT2D eigenvalue weighted by Crippen LogP contribution is 2.14. The Labute approximate surface area is 81.2 Å². The van der Waals surface area contributed by atoms with Crippen LogP contribution in [-0.4, -0.2) is 20.8 Å². The molecule has 0 aliphatic carbocycles. The Morgan fingerprint density at radius 3 is 3.14 bits per heavy atom. The van der Waals surface area contributed by atoms with Crippen molar-refractivity contribution in [3.05, 3.63) is 37.1 Å². The van der Waals surface area contributed by atoms with Gasteiger partial charge in [0, 0.05) is 24.2 Å². The van der Waals surface area contributed by atoms with Crippen molar-refractivity contribution in [1.29, 1.82) is 0 Å². The first-order chi connectivity index (χ1) is 6.90. The fraction of sp³-hybridized carbons (Fsp3) is 0.100. The summed E-state index contributed by atoms with van der Waals surface area (Å²) in [6.45, 7) is 0.341. The van der Waals surface area contributed by atoms with E-state index < -0.39 is 0 Å². The molecule has 2 aromatic rings. The monoisotopic (exact) mass is 187 g/mol.